The van der Waals surface area contributed by atoms with E-state index in [1.807, 2.05) is 31.2 Å². The van der Waals surface area contributed by atoms with Crippen LogP contribution in [0, 0.1) is 6.92 Å². The highest BCUT2D eigenvalue weighted by atomic mass is 32.1. The highest BCUT2D eigenvalue weighted by Crippen LogP contribution is 2.24. The zero-order valence-corrected chi connectivity index (χ0v) is 9.40. The number of aromatic nitrogens is 4. The molecule has 0 fully saturated rings. The summed E-state index contributed by atoms with van der Waals surface area (Å²) in [4.78, 5) is 0.718. The van der Waals surface area contributed by atoms with Crippen molar-refractivity contribution in [2.45, 2.75) is 6.92 Å². The fourth-order valence-electron chi connectivity index (χ4n) is 1.62. The summed E-state index contributed by atoms with van der Waals surface area (Å²) in [5.41, 5.74) is 7.81. The Morgan fingerprint density at radius 2 is 2.06 bits per heavy atom. The molecule has 6 heteroatoms. The third-order valence-corrected chi connectivity index (χ3v) is 3.12. The van der Waals surface area contributed by atoms with Crippen LogP contribution >= 0.6 is 11.3 Å². The molecule has 0 unspecified atom stereocenters. The number of aryl methyl sites for hydroxylation is 1. The van der Waals surface area contributed by atoms with Crippen molar-refractivity contribution in [1.29, 1.82) is 0 Å². The normalized spacial score (nSPS) is 11.1. The first-order chi connectivity index (χ1) is 7.75. The van der Waals surface area contributed by atoms with Gasteiger partial charge in [0.25, 0.3) is 0 Å². The molecule has 0 saturated carbocycles. The van der Waals surface area contributed by atoms with Gasteiger partial charge >= 0.3 is 0 Å². The molecule has 0 aliphatic carbocycles. The summed E-state index contributed by atoms with van der Waals surface area (Å²) in [5.74, 6) is 0.737. The fourth-order valence-corrected chi connectivity index (χ4v) is 2.23. The van der Waals surface area contributed by atoms with E-state index in [1.165, 1.54) is 11.3 Å². The molecule has 0 atom stereocenters. The van der Waals surface area contributed by atoms with Crippen LogP contribution in [0.4, 0.5) is 5.13 Å². The first-order valence-electron chi connectivity index (χ1n) is 4.79. The van der Waals surface area contributed by atoms with Crippen LogP contribution in [0.15, 0.2) is 24.3 Å². The van der Waals surface area contributed by atoms with Crippen LogP contribution in [0.5, 0.6) is 0 Å². The largest absolute Gasteiger partial charge is 0.374 e. The Bertz CT molecular complexity index is 654. The van der Waals surface area contributed by atoms with Crippen LogP contribution < -0.4 is 5.73 Å². The average Bonchev–Trinajstić information content (AvgIpc) is 2.78. The molecule has 0 radical (unpaired) electrons. The van der Waals surface area contributed by atoms with E-state index in [1.54, 1.807) is 4.52 Å². The van der Waals surface area contributed by atoms with Gasteiger partial charge in [-0.05, 0) is 12.5 Å². The van der Waals surface area contributed by atoms with Crippen molar-refractivity contribution in [3.63, 3.8) is 0 Å². The third-order valence-electron chi connectivity index (χ3n) is 2.39. The van der Waals surface area contributed by atoms with Gasteiger partial charge in [-0.25, -0.2) is 0 Å². The Morgan fingerprint density at radius 1 is 1.25 bits per heavy atom. The van der Waals surface area contributed by atoms with Gasteiger partial charge in [0.1, 0.15) is 0 Å². The lowest BCUT2D eigenvalue weighted by Gasteiger charge is -2.00. The monoisotopic (exact) mass is 231 g/mol. The Labute approximate surface area is 95.5 Å². The first kappa shape index (κ1) is 9.29. The van der Waals surface area contributed by atoms with E-state index in [0.29, 0.717) is 5.13 Å². The van der Waals surface area contributed by atoms with E-state index in [2.05, 4.69) is 15.3 Å². The Hall–Kier alpha value is -1.95. The van der Waals surface area contributed by atoms with E-state index in [-0.39, 0.29) is 0 Å². The average molecular weight is 231 g/mol. The molecule has 1 aromatic carbocycles. The van der Waals surface area contributed by atoms with Crippen LogP contribution in [-0.4, -0.2) is 19.8 Å². The van der Waals surface area contributed by atoms with Gasteiger partial charge in [0.05, 0.1) is 0 Å². The van der Waals surface area contributed by atoms with Crippen LogP contribution in [0.3, 0.4) is 0 Å². The molecule has 0 saturated heterocycles. The molecule has 0 aliphatic rings. The molecule has 0 spiro atoms. The molecule has 2 N–H and O–H groups in total. The van der Waals surface area contributed by atoms with E-state index in [4.69, 9.17) is 5.73 Å². The Kier molecular flexibility index (Phi) is 1.90. The zero-order valence-electron chi connectivity index (χ0n) is 8.58. The topological polar surface area (TPSA) is 69.1 Å². The van der Waals surface area contributed by atoms with Gasteiger partial charge in [-0.15, -0.1) is 15.3 Å². The van der Waals surface area contributed by atoms with Crippen molar-refractivity contribution < 1.29 is 0 Å². The molecule has 2 heterocycles. The summed E-state index contributed by atoms with van der Waals surface area (Å²) < 4.78 is 1.68. The maximum atomic E-state index is 5.64. The second-order valence-corrected chi connectivity index (χ2v) is 4.46. The van der Waals surface area contributed by atoms with Crippen molar-refractivity contribution in [2.75, 3.05) is 5.73 Å². The lowest BCUT2D eigenvalue weighted by atomic mass is 10.1. The van der Waals surface area contributed by atoms with Gasteiger partial charge in [-0.2, -0.15) is 4.52 Å². The Balaban J connectivity index is 2.30. The maximum absolute atomic E-state index is 5.64. The molecule has 5 nitrogen and oxygen atoms in total. The van der Waals surface area contributed by atoms with Crippen LogP contribution in [-0.2, 0) is 0 Å². The second kappa shape index (κ2) is 3.28. The summed E-state index contributed by atoms with van der Waals surface area (Å²) in [6.45, 7) is 2.03. The minimum Gasteiger partial charge on any atom is -0.374 e. The van der Waals surface area contributed by atoms with E-state index >= 15 is 0 Å². The summed E-state index contributed by atoms with van der Waals surface area (Å²) in [6, 6.07) is 8.00. The number of fused-ring (bicyclic) bond motifs is 1. The predicted molar refractivity (Wildman–Crippen MR) is 63.2 cm³/mol. The van der Waals surface area contributed by atoms with Gasteiger partial charge in [0, 0.05) is 5.56 Å². The number of nitrogens with zero attached hydrogens (tertiary/aromatic N) is 4. The van der Waals surface area contributed by atoms with E-state index in [0.717, 1.165) is 21.9 Å². The molecule has 0 aliphatic heterocycles. The predicted octanol–water partition coefficient (Wildman–Crippen LogP) is 1.74. The first-order valence-corrected chi connectivity index (χ1v) is 5.61. The molecule has 0 bridgehead atoms. The SMILES string of the molecule is Cc1ccccc1-c1nnc2sc(N)nn12. The number of hydrogen-bond acceptors (Lipinski definition) is 5. The van der Waals surface area contributed by atoms with Crippen molar-refractivity contribution in [3.05, 3.63) is 29.8 Å². The van der Waals surface area contributed by atoms with Gasteiger partial charge < -0.3 is 5.73 Å². The minimum absolute atomic E-state index is 0.500. The highest BCUT2D eigenvalue weighted by molar-refractivity contribution is 7.20. The molecule has 16 heavy (non-hydrogen) atoms. The number of hydrogen-bond donors (Lipinski definition) is 1. The van der Waals surface area contributed by atoms with Crippen molar-refractivity contribution in [1.82, 2.24) is 19.8 Å². The number of nitrogens with two attached hydrogens (primary N) is 1. The second-order valence-electron chi connectivity index (χ2n) is 3.47. The van der Waals surface area contributed by atoms with Gasteiger partial charge in [0.15, 0.2) is 5.82 Å². The van der Waals surface area contributed by atoms with Crippen LogP contribution in [0.1, 0.15) is 5.56 Å². The van der Waals surface area contributed by atoms with Crippen molar-refractivity contribution in [2.24, 2.45) is 0 Å². The molecule has 3 aromatic rings. The quantitative estimate of drug-likeness (QED) is 0.692. The number of nitrogen functional groups attached to an aromatic ring is 1. The van der Waals surface area contributed by atoms with E-state index in [9.17, 15) is 0 Å². The number of anilines is 1. The smallest absolute Gasteiger partial charge is 0.236 e. The molecule has 2 aromatic heterocycles. The van der Waals surface area contributed by atoms with Crippen molar-refractivity contribution in [3.8, 4) is 11.4 Å². The zero-order chi connectivity index (χ0) is 11.1. The Morgan fingerprint density at radius 3 is 2.88 bits per heavy atom. The fraction of sp³-hybridized carbons (Fsp3) is 0.100. The molecule has 80 valence electrons. The van der Waals surface area contributed by atoms with E-state index < -0.39 is 0 Å². The summed E-state index contributed by atoms with van der Waals surface area (Å²) in [5, 5.41) is 12.9. The molecule has 3 rings (SSSR count). The van der Waals surface area contributed by atoms with Gasteiger partial charge in [-0.3, -0.25) is 0 Å². The maximum Gasteiger partial charge on any atom is 0.236 e. The summed E-state index contributed by atoms with van der Waals surface area (Å²) >= 11 is 1.33. The molecule has 0 amide bonds. The lowest BCUT2D eigenvalue weighted by Crippen LogP contribution is -1.93. The van der Waals surface area contributed by atoms with Crippen LogP contribution in [0.25, 0.3) is 16.3 Å². The summed E-state index contributed by atoms with van der Waals surface area (Å²) in [6.07, 6.45) is 0. The third kappa shape index (κ3) is 1.27. The van der Waals surface area contributed by atoms with Gasteiger partial charge in [-0.1, -0.05) is 35.6 Å². The van der Waals surface area contributed by atoms with Crippen molar-refractivity contribution >= 4 is 21.4 Å². The molecular formula is C10H9N5S. The highest BCUT2D eigenvalue weighted by Gasteiger charge is 2.13. The summed E-state index contributed by atoms with van der Waals surface area (Å²) in [7, 11) is 0. The number of rotatable bonds is 1. The van der Waals surface area contributed by atoms with Crippen LogP contribution in [0.2, 0.25) is 0 Å². The molecular weight excluding hydrogens is 222 g/mol. The number of benzene rings is 1. The standard InChI is InChI=1S/C10H9N5S/c1-6-4-2-3-5-7(6)8-12-13-10-15(8)14-9(11)16-10/h2-5H,1H3,(H2,11,14). The lowest BCUT2D eigenvalue weighted by molar-refractivity contribution is 0.971. The van der Waals surface area contributed by atoms with Gasteiger partial charge in [0.2, 0.25) is 10.1 Å². The minimum atomic E-state index is 0.500.